The SMILES string of the molecule is CN1CCCN(Cc2cc(N)cc(F)c2)CC1. The van der Waals surface area contributed by atoms with Crippen LogP contribution < -0.4 is 5.73 Å². The zero-order chi connectivity index (χ0) is 12.3. The Kier molecular flexibility index (Phi) is 3.97. The lowest BCUT2D eigenvalue weighted by Crippen LogP contribution is -2.28. The Labute approximate surface area is 102 Å². The molecule has 0 saturated carbocycles. The van der Waals surface area contributed by atoms with Crippen LogP contribution in [-0.2, 0) is 6.54 Å². The number of benzene rings is 1. The molecule has 1 fully saturated rings. The van der Waals surface area contributed by atoms with Gasteiger partial charge in [0.15, 0.2) is 0 Å². The molecule has 94 valence electrons. The standard InChI is InChI=1S/C13H20FN3/c1-16-3-2-4-17(6-5-16)10-11-7-12(14)9-13(15)8-11/h7-9H,2-6,10,15H2,1H3. The molecule has 1 aliphatic heterocycles. The molecule has 1 aromatic carbocycles. The minimum atomic E-state index is -0.244. The third-order valence-corrected chi connectivity index (χ3v) is 3.20. The monoisotopic (exact) mass is 237 g/mol. The molecule has 1 aliphatic rings. The summed E-state index contributed by atoms with van der Waals surface area (Å²) in [7, 11) is 2.14. The Morgan fingerprint density at radius 2 is 2.00 bits per heavy atom. The maximum Gasteiger partial charge on any atom is 0.125 e. The van der Waals surface area contributed by atoms with Crippen molar-refractivity contribution < 1.29 is 4.39 Å². The van der Waals surface area contributed by atoms with Crippen LogP contribution in [-0.4, -0.2) is 43.0 Å². The number of nitrogens with two attached hydrogens (primary N) is 1. The van der Waals surface area contributed by atoms with Gasteiger partial charge in [-0.3, -0.25) is 4.90 Å². The van der Waals surface area contributed by atoms with E-state index in [1.807, 2.05) is 6.07 Å². The van der Waals surface area contributed by atoms with Gasteiger partial charge in [0.05, 0.1) is 0 Å². The first-order chi connectivity index (χ1) is 8.13. The first kappa shape index (κ1) is 12.3. The summed E-state index contributed by atoms with van der Waals surface area (Å²) in [5, 5.41) is 0. The van der Waals surface area contributed by atoms with Gasteiger partial charge in [-0.05, 0) is 50.3 Å². The summed E-state index contributed by atoms with van der Waals surface area (Å²) < 4.78 is 13.2. The molecule has 0 aromatic heterocycles. The number of hydrogen-bond donors (Lipinski definition) is 1. The molecule has 1 saturated heterocycles. The molecule has 17 heavy (non-hydrogen) atoms. The molecule has 0 amide bonds. The second-order valence-electron chi connectivity index (χ2n) is 4.83. The summed E-state index contributed by atoms with van der Waals surface area (Å²) in [6, 6.07) is 4.79. The lowest BCUT2D eigenvalue weighted by molar-refractivity contribution is 0.269. The van der Waals surface area contributed by atoms with Crippen LogP contribution in [0.3, 0.4) is 0 Å². The summed E-state index contributed by atoms with van der Waals surface area (Å²) in [6.07, 6.45) is 1.17. The normalized spacial score (nSPS) is 19.2. The first-order valence-electron chi connectivity index (χ1n) is 6.09. The molecule has 0 unspecified atom stereocenters. The van der Waals surface area contributed by atoms with Crippen molar-refractivity contribution in [3.63, 3.8) is 0 Å². The van der Waals surface area contributed by atoms with Crippen LogP contribution in [0.2, 0.25) is 0 Å². The molecule has 4 heteroatoms. The minimum absolute atomic E-state index is 0.244. The highest BCUT2D eigenvalue weighted by Gasteiger charge is 2.12. The number of likely N-dealkylation sites (N-methyl/N-ethyl adjacent to an activating group) is 1. The summed E-state index contributed by atoms with van der Waals surface area (Å²) in [4.78, 5) is 4.69. The van der Waals surface area contributed by atoms with Crippen molar-refractivity contribution in [3.8, 4) is 0 Å². The van der Waals surface area contributed by atoms with Crippen molar-refractivity contribution in [2.24, 2.45) is 0 Å². The van der Waals surface area contributed by atoms with E-state index in [-0.39, 0.29) is 5.82 Å². The third kappa shape index (κ3) is 3.68. The molecule has 2 rings (SSSR count). The fourth-order valence-corrected chi connectivity index (χ4v) is 2.28. The average molecular weight is 237 g/mol. The summed E-state index contributed by atoms with van der Waals surface area (Å²) >= 11 is 0. The van der Waals surface area contributed by atoms with E-state index in [0.29, 0.717) is 5.69 Å². The predicted octanol–water partition coefficient (Wildman–Crippen LogP) is 1.55. The van der Waals surface area contributed by atoms with E-state index in [9.17, 15) is 4.39 Å². The second-order valence-corrected chi connectivity index (χ2v) is 4.83. The molecule has 2 N–H and O–H groups in total. The van der Waals surface area contributed by atoms with Gasteiger partial charge in [-0.15, -0.1) is 0 Å². The Balaban J connectivity index is 1.99. The van der Waals surface area contributed by atoms with Gasteiger partial charge in [0, 0.05) is 25.3 Å². The maximum absolute atomic E-state index is 13.2. The van der Waals surface area contributed by atoms with Gasteiger partial charge in [-0.25, -0.2) is 4.39 Å². The second kappa shape index (κ2) is 5.47. The quantitative estimate of drug-likeness (QED) is 0.792. The summed E-state index contributed by atoms with van der Waals surface area (Å²) in [5.74, 6) is -0.244. The fraction of sp³-hybridized carbons (Fsp3) is 0.538. The van der Waals surface area contributed by atoms with Crippen LogP contribution in [0.25, 0.3) is 0 Å². The molecule has 3 nitrogen and oxygen atoms in total. The third-order valence-electron chi connectivity index (χ3n) is 3.20. The van der Waals surface area contributed by atoms with E-state index < -0.39 is 0 Å². The predicted molar refractivity (Wildman–Crippen MR) is 68.2 cm³/mol. The number of nitrogen functional groups attached to an aromatic ring is 1. The molecular weight excluding hydrogens is 217 g/mol. The maximum atomic E-state index is 13.2. The number of halogens is 1. The topological polar surface area (TPSA) is 32.5 Å². The van der Waals surface area contributed by atoms with Crippen molar-refractivity contribution >= 4 is 5.69 Å². The average Bonchev–Trinajstić information content (AvgIpc) is 2.42. The Morgan fingerprint density at radius 1 is 1.18 bits per heavy atom. The summed E-state index contributed by atoms with van der Waals surface area (Å²) in [6.45, 7) is 5.11. The van der Waals surface area contributed by atoms with E-state index in [0.717, 1.165) is 38.3 Å². The largest absolute Gasteiger partial charge is 0.399 e. The van der Waals surface area contributed by atoms with Crippen LogP contribution in [0.5, 0.6) is 0 Å². The molecular formula is C13H20FN3. The Bertz CT molecular complexity index is 361. The van der Waals surface area contributed by atoms with Crippen LogP contribution in [0.4, 0.5) is 10.1 Å². The zero-order valence-corrected chi connectivity index (χ0v) is 10.3. The highest BCUT2D eigenvalue weighted by molar-refractivity contribution is 5.41. The zero-order valence-electron chi connectivity index (χ0n) is 10.3. The highest BCUT2D eigenvalue weighted by atomic mass is 19.1. The number of nitrogens with zero attached hydrogens (tertiary/aromatic N) is 2. The Hall–Kier alpha value is -1.13. The molecule has 1 heterocycles. The lowest BCUT2D eigenvalue weighted by Gasteiger charge is -2.20. The van der Waals surface area contributed by atoms with Crippen LogP contribution in [0.15, 0.2) is 18.2 Å². The number of anilines is 1. The first-order valence-corrected chi connectivity index (χ1v) is 6.09. The van der Waals surface area contributed by atoms with Gasteiger partial charge in [0.1, 0.15) is 5.82 Å². The van der Waals surface area contributed by atoms with Gasteiger partial charge < -0.3 is 10.6 Å². The van der Waals surface area contributed by atoms with Gasteiger partial charge in [0.25, 0.3) is 0 Å². The van der Waals surface area contributed by atoms with Crippen LogP contribution in [0, 0.1) is 5.82 Å². The minimum Gasteiger partial charge on any atom is -0.399 e. The van der Waals surface area contributed by atoms with Crippen molar-refractivity contribution in [2.75, 3.05) is 39.0 Å². The number of rotatable bonds is 2. The lowest BCUT2D eigenvalue weighted by atomic mass is 10.2. The molecule has 1 aromatic rings. The van der Waals surface area contributed by atoms with E-state index >= 15 is 0 Å². The van der Waals surface area contributed by atoms with E-state index in [1.54, 1.807) is 6.07 Å². The van der Waals surface area contributed by atoms with Crippen LogP contribution >= 0.6 is 0 Å². The van der Waals surface area contributed by atoms with Crippen LogP contribution in [0.1, 0.15) is 12.0 Å². The summed E-state index contributed by atoms with van der Waals surface area (Å²) in [5.41, 5.74) is 7.12. The van der Waals surface area contributed by atoms with E-state index in [2.05, 4.69) is 16.8 Å². The van der Waals surface area contributed by atoms with Crippen molar-refractivity contribution in [2.45, 2.75) is 13.0 Å². The van der Waals surface area contributed by atoms with Gasteiger partial charge in [-0.1, -0.05) is 0 Å². The molecule has 0 radical (unpaired) electrons. The van der Waals surface area contributed by atoms with Gasteiger partial charge in [0.2, 0.25) is 0 Å². The molecule has 0 bridgehead atoms. The smallest absolute Gasteiger partial charge is 0.125 e. The van der Waals surface area contributed by atoms with E-state index in [1.165, 1.54) is 12.5 Å². The Morgan fingerprint density at radius 3 is 2.76 bits per heavy atom. The van der Waals surface area contributed by atoms with Crippen molar-refractivity contribution in [3.05, 3.63) is 29.6 Å². The fourth-order valence-electron chi connectivity index (χ4n) is 2.28. The molecule has 0 atom stereocenters. The molecule has 0 aliphatic carbocycles. The van der Waals surface area contributed by atoms with E-state index in [4.69, 9.17) is 5.73 Å². The van der Waals surface area contributed by atoms with Crippen molar-refractivity contribution in [1.29, 1.82) is 0 Å². The highest BCUT2D eigenvalue weighted by Crippen LogP contribution is 2.14. The van der Waals surface area contributed by atoms with Gasteiger partial charge >= 0.3 is 0 Å². The molecule has 0 spiro atoms. The number of hydrogen-bond acceptors (Lipinski definition) is 3. The van der Waals surface area contributed by atoms with Gasteiger partial charge in [-0.2, -0.15) is 0 Å². The van der Waals surface area contributed by atoms with Crippen molar-refractivity contribution in [1.82, 2.24) is 9.80 Å².